The number of aryl methyl sites for hydroxylation is 5. The van der Waals surface area contributed by atoms with Gasteiger partial charge in [-0.05, 0) is 48.8 Å². The maximum Gasteiger partial charge on any atom is 0.214 e. The van der Waals surface area contributed by atoms with E-state index in [0.717, 1.165) is 54.3 Å². The molecule has 6 nitrogen and oxygen atoms in total. The molecule has 0 saturated heterocycles. The van der Waals surface area contributed by atoms with Crippen LogP contribution in [0.4, 0.5) is 0 Å². The highest BCUT2D eigenvalue weighted by Crippen LogP contribution is 2.39. The SMILES string of the molecule is Cc1[nH]cnc1/C=C/c1cc(/C=C/c2nc[nH]c2C)[n+]2c(c1)-c1c(ccc3c1-c1cccc[n+]1CC3)CC2. The largest absolute Gasteiger partial charge is 0.348 e. The molecular weight excluding hydrogens is 468 g/mol. The van der Waals surface area contributed by atoms with Crippen LogP contribution in [0.5, 0.6) is 0 Å². The summed E-state index contributed by atoms with van der Waals surface area (Å²) in [7, 11) is 0. The van der Waals surface area contributed by atoms with Crippen LogP contribution in [0.1, 0.15) is 45.2 Å². The second-order valence-electron chi connectivity index (χ2n) is 10.2. The third-order valence-corrected chi connectivity index (χ3v) is 7.86. The highest BCUT2D eigenvalue weighted by molar-refractivity contribution is 5.85. The van der Waals surface area contributed by atoms with Crippen molar-refractivity contribution in [1.82, 2.24) is 19.9 Å². The van der Waals surface area contributed by atoms with E-state index in [1.807, 2.05) is 6.92 Å². The summed E-state index contributed by atoms with van der Waals surface area (Å²) in [5, 5.41) is 0. The lowest BCUT2D eigenvalue weighted by atomic mass is 9.84. The number of imidazole rings is 2. The summed E-state index contributed by atoms with van der Waals surface area (Å²) in [6.45, 7) is 6.06. The molecule has 0 saturated carbocycles. The highest BCUT2D eigenvalue weighted by atomic mass is 15.0. The van der Waals surface area contributed by atoms with E-state index in [2.05, 4.69) is 109 Å². The van der Waals surface area contributed by atoms with Crippen molar-refractivity contribution >= 4 is 24.3 Å². The van der Waals surface area contributed by atoms with Gasteiger partial charge in [0.05, 0.1) is 35.2 Å². The topological polar surface area (TPSA) is 65.1 Å². The van der Waals surface area contributed by atoms with Gasteiger partial charge in [-0.15, -0.1) is 0 Å². The monoisotopic (exact) mass is 498 g/mol. The molecule has 0 bridgehead atoms. The molecule has 6 heteroatoms. The molecular formula is C32H30N6+2. The van der Waals surface area contributed by atoms with E-state index in [9.17, 15) is 0 Å². The molecule has 2 aliphatic heterocycles. The van der Waals surface area contributed by atoms with Crippen LogP contribution >= 0.6 is 0 Å². The van der Waals surface area contributed by atoms with Crippen molar-refractivity contribution in [3.05, 3.63) is 106 Å². The molecule has 7 rings (SSSR count). The number of nitrogens with zero attached hydrogens (tertiary/aromatic N) is 4. The quantitative estimate of drug-likeness (QED) is 0.338. The number of rotatable bonds is 4. The van der Waals surface area contributed by atoms with Crippen LogP contribution in [-0.2, 0) is 25.9 Å². The van der Waals surface area contributed by atoms with Crippen molar-refractivity contribution in [2.75, 3.05) is 0 Å². The minimum Gasteiger partial charge on any atom is -0.348 e. The van der Waals surface area contributed by atoms with E-state index in [0.29, 0.717) is 0 Å². The molecule has 0 fully saturated rings. The number of pyridine rings is 2. The molecule has 38 heavy (non-hydrogen) atoms. The predicted molar refractivity (Wildman–Crippen MR) is 150 cm³/mol. The van der Waals surface area contributed by atoms with Gasteiger partial charge in [-0.25, -0.2) is 9.97 Å². The summed E-state index contributed by atoms with van der Waals surface area (Å²) in [5.74, 6) is 0. The van der Waals surface area contributed by atoms with E-state index in [1.54, 1.807) is 12.7 Å². The molecule has 0 spiro atoms. The van der Waals surface area contributed by atoms with Gasteiger partial charge in [-0.2, -0.15) is 9.13 Å². The van der Waals surface area contributed by atoms with Gasteiger partial charge < -0.3 is 9.97 Å². The van der Waals surface area contributed by atoms with E-state index in [1.165, 1.54) is 39.3 Å². The Morgan fingerprint density at radius 1 is 0.737 bits per heavy atom. The van der Waals surface area contributed by atoms with Gasteiger partial charge in [-0.3, -0.25) is 0 Å². The molecule has 0 radical (unpaired) electrons. The lowest BCUT2D eigenvalue weighted by Crippen LogP contribution is -2.45. The Hall–Kier alpha value is -4.58. The van der Waals surface area contributed by atoms with Gasteiger partial charge in [0.15, 0.2) is 19.3 Å². The Bertz CT molecular complexity index is 1750. The van der Waals surface area contributed by atoms with Crippen molar-refractivity contribution in [3.8, 4) is 22.5 Å². The number of hydrogen-bond acceptors (Lipinski definition) is 2. The van der Waals surface area contributed by atoms with E-state index in [-0.39, 0.29) is 0 Å². The molecule has 0 atom stereocenters. The van der Waals surface area contributed by atoms with Crippen molar-refractivity contribution in [2.45, 2.75) is 39.8 Å². The Kier molecular flexibility index (Phi) is 5.39. The lowest BCUT2D eigenvalue weighted by Gasteiger charge is -2.23. The predicted octanol–water partition coefficient (Wildman–Crippen LogP) is 5.11. The van der Waals surface area contributed by atoms with Crippen molar-refractivity contribution in [1.29, 1.82) is 0 Å². The van der Waals surface area contributed by atoms with Gasteiger partial charge in [0.1, 0.15) is 0 Å². The van der Waals surface area contributed by atoms with E-state index < -0.39 is 0 Å². The first-order valence-corrected chi connectivity index (χ1v) is 13.2. The molecule has 2 N–H and O–H groups in total. The molecule has 0 amide bonds. The second-order valence-corrected chi connectivity index (χ2v) is 10.2. The second kappa shape index (κ2) is 9.06. The Morgan fingerprint density at radius 2 is 1.42 bits per heavy atom. The third-order valence-electron chi connectivity index (χ3n) is 7.86. The van der Waals surface area contributed by atoms with Gasteiger partial charge in [0.25, 0.3) is 0 Å². The maximum atomic E-state index is 4.48. The highest BCUT2D eigenvalue weighted by Gasteiger charge is 2.34. The molecule has 4 aromatic heterocycles. The van der Waals surface area contributed by atoms with Crippen molar-refractivity contribution in [2.24, 2.45) is 0 Å². The molecule has 1 aromatic carbocycles. The van der Waals surface area contributed by atoms with E-state index >= 15 is 0 Å². The van der Waals surface area contributed by atoms with Crippen molar-refractivity contribution < 1.29 is 9.13 Å². The zero-order valence-electron chi connectivity index (χ0n) is 21.7. The molecule has 5 aromatic rings. The Labute approximate surface area is 222 Å². The minimum absolute atomic E-state index is 0.942. The lowest BCUT2D eigenvalue weighted by molar-refractivity contribution is -0.690. The third kappa shape index (κ3) is 3.80. The Balaban J connectivity index is 1.44. The molecule has 0 aliphatic carbocycles. The zero-order valence-corrected chi connectivity index (χ0v) is 21.7. The van der Waals surface area contributed by atoms with Crippen LogP contribution in [0.25, 0.3) is 46.8 Å². The molecule has 2 aliphatic rings. The first-order chi connectivity index (χ1) is 18.7. The van der Waals surface area contributed by atoms with Crippen LogP contribution in [0.3, 0.4) is 0 Å². The van der Waals surface area contributed by atoms with Gasteiger partial charge in [0.2, 0.25) is 17.1 Å². The van der Waals surface area contributed by atoms with Crippen LogP contribution in [0.2, 0.25) is 0 Å². The molecule has 6 heterocycles. The van der Waals surface area contributed by atoms with Crippen LogP contribution in [-0.4, -0.2) is 19.9 Å². The smallest absolute Gasteiger partial charge is 0.214 e. The summed E-state index contributed by atoms with van der Waals surface area (Å²) >= 11 is 0. The molecule has 186 valence electrons. The summed E-state index contributed by atoms with van der Waals surface area (Å²) in [6.07, 6.45) is 16.3. The summed E-state index contributed by atoms with van der Waals surface area (Å²) in [6, 6.07) is 15.9. The van der Waals surface area contributed by atoms with Gasteiger partial charge in [0, 0.05) is 54.6 Å². The number of aromatic amines is 2. The Morgan fingerprint density at radius 3 is 2.13 bits per heavy atom. The number of aromatic nitrogens is 6. The average Bonchev–Trinajstić information content (AvgIpc) is 3.56. The number of hydrogen-bond donors (Lipinski definition) is 2. The molecule has 0 unspecified atom stereocenters. The van der Waals surface area contributed by atoms with Crippen LogP contribution < -0.4 is 9.13 Å². The fourth-order valence-electron chi connectivity index (χ4n) is 5.83. The zero-order chi connectivity index (χ0) is 25.6. The maximum absolute atomic E-state index is 4.48. The van der Waals surface area contributed by atoms with Gasteiger partial charge in [-0.1, -0.05) is 18.2 Å². The summed E-state index contributed by atoms with van der Waals surface area (Å²) in [4.78, 5) is 15.3. The normalized spacial score (nSPS) is 13.9. The number of fused-ring (bicyclic) bond motifs is 7. The summed E-state index contributed by atoms with van der Waals surface area (Å²) < 4.78 is 4.87. The first kappa shape index (κ1) is 22.6. The number of H-pyrrole nitrogens is 2. The van der Waals surface area contributed by atoms with Gasteiger partial charge >= 0.3 is 0 Å². The first-order valence-electron chi connectivity index (χ1n) is 13.2. The minimum atomic E-state index is 0.942. The number of benzene rings is 1. The average molecular weight is 499 g/mol. The standard InChI is InChI=1S/C32H29N6/c1-21-27(35-19-33-21)10-6-23-17-26(9-11-28-22(2)34-20-36-28)38-16-13-25-8-7-24-12-15-37-14-4-3-5-29(37)31(24)32(25)30(38)18-23/h3-11,14,17-20H,12-13,15-16H2,1-2H3,(H,33,34,35,36)/q+1/p+1. The fourth-order valence-corrected chi connectivity index (χ4v) is 5.83. The van der Waals surface area contributed by atoms with Crippen LogP contribution in [0, 0.1) is 13.8 Å². The fraction of sp³-hybridized carbons (Fsp3) is 0.188. The van der Waals surface area contributed by atoms with E-state index in [4.69, 9.17) is 0 Å². The van der Waals surface area contributed by atoms with Crippen molar-refractivity contribution in [3.63, 3.8) is 0 Å². The number of nitrogens with one attached hydrogen (secondary N) is 2. The summed E-state index contributed by atoms with van der Waals surface area (Å²) in [5.41, 5.74) is 14.5. The van der Waals surface area contributed by atoms with Crippen LogP contribution in [0.15, 0.2) is 61.3 Å².